The average molecular weight is 294 g/mol. The Balaban J connectivity index is 2.66. The smallest absolute Gasteiger partial charge is 0.273 e. The normalized spacial score (nSPS) is 10.7. The van der Waals surface area contributed by atoms with Gasteiger partial charge < -0.3 is 15.5 Å². The minimum Gasteiger partial charge on any atom is -0.385 e. The highest BCUT2D eigenvalue weighted by molar-refractivity contribution is 5.63. The Labute approximate surface area is 126 Å². The van der Waals surface area contributed by atoms with E-state index in [-0.39, 0.29) is 10.6 Å². The van der Waals surface area contributed by atoms with E-state index in [1.54, 1.807) is 12.1 Å². The lowest BCUT2D eigenvalue weighted by Crippen LogP contribution is -2.29. The number of nitro benzene ring substituents is 1. The van der Waals surface area contributed by atoms with E-state index in [1.165, 1.54) is 0 Å². The molecule has 0 unspecified atom stereocenters. The molecule has 0 radical (unpaired) electrons. The van der Waals surface area contributed by atoms with Crippen molar-refractivity contribution in [3.8, 4) is 0 Å². The highest BCUT2D eigenvalue weighted by atomic mass is 16.6. The van der Waals surface area contributed by atoms with Gasteiger partial charge in [-0.1, -0.05) is 13.8 Å². The number of likely N-dealkylation sites (N-methyl/N-ethyl adjacent to an activating group) is 1. The average Bonchev–Trinajstić information content (AvgIpc) is 2.46. The second-order valence-electron chi connectivity index (χ2n) is 4.92. The van der Waals surface area contributed by atoms with Crippen molar-refractivity contribution in [2.45, 2.75) is 27.2 Å². The molecule has 21 heavy (non-hydrogen) atoms. The van der Waals surface area contributed by atoms with Gasteiger partial charge in [0, 0.05) is 43.1 Å². The van der Waals surface area contributed by atoms with Crippen LogP contribution in [0.1, 0.15) is 27.2 Å². The van der Waals surface area contributed by atoms with Crippen molar-refractivity contribution in [1.29, 1.82) is 0 Å². The van der Waals surface area contributed by atoms with Gasteiger partial charge in [0.1, 0.15) is 0 Å². The minimum absolute atomic E-state index is 0.108. The van der Waals surface area contributed by atoms with Crippen molar-refractivity contribution in [3.05, 3.63) is 28.3 Å². The summed E-state index contributed by atoms with van der Waals surface area (Å²) in [6.45, 7) is 10.8. The summed E-state index contributed by atoms with van der Waals surface area (Å²) in [5.41, 5.74) is 1.67. The molecule has 6 heteroatoms. The van der Waals surface area contributed by atoms with Gasteiger partial charge in [-0.25, -0.2) is 0 Å². The molecule has 0 bridgehead atoms. The number of benzene rings is 1. The zero-order valence-corrected chi connectivity index (χ0v) is 13.2. The third-order valence-electron chi connectivity index (χ3n) is 3.25. The molecule has 0 amide bonds. The summed E-state index contributed by atoms with van der Waals surface area (Å²) in [7, 11) is 0. The molecule has 1 aromatic rings. The fraction of sp³-hybridized carbons (Fsp3) is 0.600. The van der Waals surface area contributed by atoms with Crippen LogP contribution in [0.25, 0.3) is 0 Å². The van der Waals surface area contributed by atoms with E-state index in [4.69, 9.17) is 0 Å². The molecule has 2 N–H and O–H groups in total. The molecule has 0 aliphatic carbocycles. The first-order chi connectivity index (χ1) is 10.1. The van der Waals surface area contributed by atoms with Gasteiger partial charge in [0.05, 0.1) is 4.92 Å². The number of nitrogens with one attached hydrogen (secondary N) is 2. The molecule has 0 saturated heterocycles. The molecule has 0 saturated carbocycles. The van der Waals surface area contributed by atoms with Crippen LogP contribution in [0.4, 0.5) is 17.1 Å². The predicted molar refractivity (Wildman–Crippen MR) is 88.2 cm³/mol. The predicted octanol–water partition coefficient (Wildman–Crippen LogP) is 3.17. The lowest BCUT2D eigenvalue weighted by atomic mass is 10.2. The first kappa shape index (κ1) is 17.2. The third kappa shape index (κ3) is 5.99. The molecule has 0 aromatic heterocycles. The quantitative estimate of drug-likeness (QED) is 0.512. The summed E-state index contributed by atoms with van der Waals surface area (Å²) in [5, 5.41) is 17.4. The summed E-state index contributed by atoms with van der Waals surface area (Å²) < 4.78 is 0. The summed E-state index contributed by atoms with van der Waals surface area (Å²) in [5.74, 6) is 0. The topological polar surface area (TPSA) is 70.4 Å². The van der Waals surface area contributed by atoms with Crippen molar-refractivity contribution in [3.63, 3.8) is 0 Å². The number of anilines is 2. The van der Waals surface area contributed by atoms with Gasteiger partial charge in [0.25, 0.3) is 5.69 Å². The van der Waals surface area contributed by atoms with E-state index in [2.05, 4.69) is 29.4 Å². The maximum atomic E-state index is 11.0. The van der Waals surface area contributed by atoms with Gasteiger partial charge in [-0.15, -0.1) is 0 Å². The molecular weight excluding hydrogens is 268 g/mol. The fourth-order valence-corrected chi connectivity index (χ4v) is 2.23. The van der Waals surface area contributed by atoms with Gasteiger partial charge in [0.2, 0.25) is 0 Å². The van der Waals surface area contributed by atoms with Crippen LogP contribution in [-0.2, 0) is 0 Å². The summed E-state index contributed by atoms with van der Waals surface area (Å²) in [6.07, 6.45) is 1.13. The molecule has 0 atom stereocenters. The second kappa shape index (κ2) is 9.18. The van der Waals surface area contributed by atoms with E-state index in [1.807, 2.05) is 13.0 Å². The van der Waals surface area contributed by atoms with Crippen molar-refractivity contribution in [2.24, 2.45) is 0 Å². The van der Waals surface area contributed by atoms with Crippen LogP contribution < -0.4 is 10.6 Å². The van der Waals surface area contributed by atoms with E-state index in [9.17, 15) is 10.1 Å². The Bertz CT molecular complexity index is 451. The molecule has 1 aromatic carbocycles. The maximum absolute atomic E-state index is 11.0. The molecule has 0 heterocycles. The molecule has 0 fully saturated rings. The zero-order valence-electron chi connectivity index (χ0n) is 13.2. The van der Waals surface area contributed by atoms with Gasteiger partial charge >= 0.3 is 0 Å². The zero-order chi connectivity index (χ0) is 15.7. The molecule has 0 aliphatic rings. The molecule has 118 valence electrons. The van der Waals surface area contributed by atoms with Crippen LogP contribution >= 0.6 is 0 Å². The van der Waals surface area contributed by atoms with Gasteiger partial charge in [0.15, 0.2) is 0 Å². The van der Waals surface area contributed by atoms with Crippen molar-refractivity contribution in [2.75, 3.05) is 43.4 Å². The summed E-state index contributed by atoms with van der Waals surface area (Å²) >= 11 is 0. The lowest BCUT2D eigenvalue weighted by molar-refractivity contribution is -0.384. The molecule has 0 aliphatic heterocycles. The van der Waals surface area contributed by atoms with E-state index in [0.29, 0.717) is 0 Å². The van der Waals surface area contributed by atoms with Crippen LogP contribution in [0.5, 0.6) is 0 Å². The van der Waals surface area contributed by atoms with Crippen LogP contribution in [0.3, 0.4) is 0 Å². The highest BCUT2D eigenvalue weighted by Gasteiger charge is 2.09. The Hall–Kier alpha value is -1.82. The number of rotatable bonds is 10. The first-order valence-corrected chi connectivity index (χ1v) is 7.60. The summed E-state index contributed by atoms with van der Waals surface area (Å²) in [4.78, 5) is 13.0. The fourth-order valence-electron chi connectivity index (χ4n) is 2.23. The molecule has 1 rings (SSSR count). The SMILES string of the molecule is CCCN(CC)CCNc1cc(NCC)cc([N+](=O)[O-])c1. The third-order valence-corrected chi connectivity index (χ3v) is 3.25. The molecule has 6 nitrogen and oxygen atoms in total. The number of nitro groups is 1. The van der Waals surface area contributed by atoms with Crippen LogP contribution in [0.2, 0.25) is 0 Å². The van der Waals surface area contributed by atoms with Crippen molar-refractivity contribution in [1.82, 2.24) is 4.90 Å². The van der Waals surface area contributed by atoms with Crippen LogP contribution in [-0.4, -0.2) is 42.5 Å². The Morgan fingerprint density at radius 1 is 1.10 bits per heavy atom. The lowest BCUT2D eigenvalue weighted by Gasteiger charge is -2.20. The van der Waals surface area contributed by atoms with Crippen LogP contribution in [0, 0.1) is 10.1 Å². The number of hydrogen-bond acceptors (Lipinski definition) is 5. The largest absolute Gasteiger partial charge is 0.385 e. The van der Waals surface area contributed by atoms with Crippen molar-refractivity contribution < 1.29 is 4.92 Å². The van der Waals surface area contributed by atoms with Crippen LogP contribution in [0.15, 0.2) is 18.2 Å². The van der Waals surface area contributed by atoms with Gasteiger partial charge in [-0.3, -0.25) is 10.1 Å². The van der Waals surface area contributed by atoms with Gasteiger partial charge in [-0.05, 0) is 32.5 Å². The maximum Gasteiger partial charge on any atom is 0.273 e. The molecule has 0 spiro atoms. The standard InChI is InChI=1S/C15H26N4O2/c1-4-8-18(6-3)9-7-17-14-10-13(16-5-2)11-15(12-14)19(20)21/h10-12,16-17H,4-9H2,1-3H3. The second-order valence-corrected chi connectivity index (χ2v) is 4.92. The van der Waals surface area contributed by atoms with E-state index < -0.39 is 0 Å². The first-order valence-electron chi connectivity index (χ1n) is 7.60. The Morgan fingerprint density at radius 2 is 1.76 bits per heavy atom. The highest BCUT2D eigenvalue weighted by Crippen LogP contribution is 2.24. The number of hydrogen-bond donors (Lipinski definition) is 2. The van der Waals surface area contributed by atoms with E-state index >= 15 is 0 Å². The Morgan fingerprint density at radius 3 is 2.29 bits per heavy atom. The monoisotopic (exact) mass is 294 g/mol. The minimum atomic E-state index is -0.360. The molecular formula is C15H26N4O2. The van der Waals surface area contributed by atoms with Crippen molar-refractivity contribution >= 4 is 17.1 Å². The Kier molecular flexibility index (Phi) is 7.53. The van der Waals surface area contributed by atoms with Gasteiger partial charge in [-0.2, -0.15) is 0 Å². The summed E-state index contributed by atoms with van der Waals surface area (Å²) in [6, 6.07) is 5.05. The number of nitrogens with zero attached hydrogens (tertiary/aromatic N) is 2. The van der Waals surface area contributed by atoms with E-state index in [0.717, 1.165) is 50.5 Å². The number of non-ortho nitro benzene ring substituents is 1.